The van der Waals surface area contributed by atoms with Crippen molar-refractivity contribution in [3.05, 3.63) is 41.1 Å². The molecule has 1 atom stereocenters. The first-order valence-electron chi connectivity index (χ1n) is 7.86. The second-order valence-corrected chi connectivity index (χ2v) is 5.77. The van der Waals surface area contributed by atoms with E-state index in [1.807, 2.05) is 24.3 Å². The number of nitrogens with zero attached hydrogens (tertiary/aromatic N) is 1. The van der Waals surface area contributed by atoms with E-state index in [0.717, 1.165) is 17.7 Å². The smallest absolute Gasteiger partial charge is 0.319 e. The summed E-state index contributed by atoms with van der Waals surface area (Å²) < 4.78 is 10.2. The SMILES string of the molecule is COCCCN1CC2=C(C1=O)C(c1ccc(OC)cc1)NC(=O)N2. The van der Waals surface area contributed by atoms with Crippen LogP contribution in [0.3, 0.4) is 0 Å². The quantitative estimate of drug-likeness (QED) is 0.767. The number of nitrogens with one attached hydrogen (secondary N) is 2. The van der Waals surface area contributed by atoms with Crippen LogP contribution in [-0.2, 0) is 9.53 Å². The molecule has 2 aliphatic rings. The molecule has 2 heterocycles. The van der Waals surface area contributed by atoms with Gasteiger partial charge in [-0.3, -0.25) is 4.79 Å². The second-order valence-electron chi connectivity index (χ2n) is 5.77. The molecule has 1 aromatic carbocycles. The molecule has 0 bridgehead atoms. The van der Waals surface area contributed by atoms with Crippen molar-refractivity contribution in [3.63, 3.8) is 0 Å². The Kier molecular flexibility index (Phi) is 4.71. The summed E-state index contributed by atoms with van der Waals surface area (Å²) in [6.45, 7) is 1.63. The van der Waals surface area contributed by atoms with Crippen LogP contribution in [0.15, 0.2) is 35.5 Å². The number of amides is 3. The molecule has 0 fully saturated rings. The van der Waals surface area contributed by atoms with E-state index in [1.165, 1.54) is 0 Å². The Bertz CT molecular complexity index is 669. The van der Waals surface area contributed by atoms with Gasteiger partial charge in [-0.1, -0.05) is 12.1 Å². The first kappa shape index (κ1) is 16.3. The molecule has 0 aromatic heterocycles. The fourth-order valence-electron chi connectivity index (χ4n) is 3.05. The average molecular weight is 331 g/mol. The van der Waals surface area contributed by atoms with Crippen LogP contribution in [0, 0.1) is 0 Å². The molecule has 0 spiro atoms. The highest BCUT2D eigenvalue weighted by Gasteiger charge is 2.40. The molecule has 7 nitrogen and oxygen atoms in total. The standard InChI is InChI=1S/C17H21N3O4/c1-23-9-3-8-20-10-13-14(16(20)21)15(19-17(22)18-13)11-4-6-12(24-2)7-5-11/h4-7,15H,3,8-10H2,1-2H3,(H2,18,19,22). The molecule has 3 amide bonds. The van der Waals surface area contributed by atoms with Crippen molar-refractivity contribution in [3.8, 4) is 5.75 Å². The number of hydrogen-bond acceptors (Lipinski definition) is 4. The molecular weight excluding hydrogens is 310 g/mol. The van der Waals surface area contributed by atoms with Crippen molar-refractivity contribution in [2.45, 2.75) is 12.5 Å². The fourth-order valence-corrected chi connectivity index (χ4v) is 3.05. The minimum absolute atomic E-state index is 0.0468. The number of benzene rings is 1. The molecule has 3 rings (SSSR count). The van der Waals surface area contributed by atoms with E-state index in [1.54, 1.807) is 19.1 Å². The van der Waals surface area contributed by atoms with Gasteiger partial charge in [-0.05, 0) is 24.1 Å². The van der Waals surface area contributed by atoms with E-state index in [-0.39, 0.29) is 11.9 Å². The van der Waals surface area contributed by atoms with Gasteiger partial charge < -0.3 is 25.0 Å². The highest BCUT2D eigenvalue weighted by molar-refractivity contribution is 6.01. The third-order valence-electron chi connectivity index (χ3n) is 4.25. The summed E-state index contributed by atoms with van der Waals surface area (Å²) in [4.78, 5) is 26.5. The summed E-state index contributed by atoms with van der Waals surface area (Å²) >= 11 is 0. The maximum Gasteiger partial charge on any atom is 0.319 e. The van der Waals surface area contributed by atoms with Crippen molar-refractivity contribution in [2.75, 3.05) is 33.9 Å². The van der Waals surface area contributed by atoms with Crippen LogP contribution in [-0.4, -0.2) is 50.8 Å². The lowest BCUT2D eigenvalue weighted by molar-refractivity contribution is -0.125. The number of ether oxygens (including phenoxy) is 2. The molecular formula is C17H21N3O4. The van der Waals surface area contributed by atoms with Crippen LogP contribution in [0.5, 0.6) is 5.75 Å². The number of carbonyl (C=O) groups is 2. The summed E-state index contributed by atoms with van der Waals surface area (Å²) in [6.07, 6.45) is 0.761. The first-order chi connectivity index (χ1) is 11.6. The third kappa shape index (κ3) is 3.07. The zero-order valence-corrected chi connectivity index (χ0v) is 13.8. The van der Waals surface area contributed by atoms with Gasteiger partial charge in [-0.25, -0.2) is 4.79 Å². The fraction of sp³-hybridized carbons (Fsp3) is 0.412. The van der Waals surface area contributed by atoms with Crippen LogP contribution in [0.4, 0.5) is 4.79 Å². The van der Waals surface area contributed by atoms with Gasteiger partial charge in [-0.2, -0.15) is 0 Å². The lowest BCUT2D eigenvalue weighted by Crippen LogP contribution is -2.44. The minimum Gasteiger partial charge on any atom is -0.497 e. The number of rotatable bonds is 6. The molecule has 0 radical (unpaired) electrons. The minimum atomic E-state index is -0.445. The van der Waals surface area contributed by atoms with Gasteiger partial charge in [0, 0.05) is 20.3 Å². The highest BCUT2D eigenvalue weighted by Crippen LogP contribution is 2.33. The van der Waals surface area contributed by atoms with E-state index < -0.39 is 6.04 Å². The molecule has 128 valence electrons. The molecule has 2 N–H and O–H groups in total. The number of hydrogen-bond donors (Lipinski definition) is 2. The predicted molar refractivity (Wildman–Crippen MR) is 87.5 cm³/mol. The van der Waals surface area contributed by atoms with Crippen LogP contribution in [0.1, 0.15) is 18.0 Å². The van der Waals surface area contributed by atoms with Gasteiger partial charge in [-0.15, -0.1) is 0 Å². The summed E-state index contributed by atoms with van der Waals surface area (Å²) in [5.74, 6) is 0.682. The summed E-state index contributed by atoms with van der Waals surface area (Å²) in [6, 6.07) is 6.63. The Labute approximate surface area is 140 Å². The van der Waals surface area contributed by atoms with Gasteiger partial charge in [0.2, 0.25) is 0 Å². The van der Waals surface area contributed by atoms with Gasteiger partial charge in [0.05, 0.1) is 31.0 Å². The number of methoxy groups -OCH3 is 2. The largest absolute Gasteiger partial charge is 0.497 e. The summed E-state index contributed by atoms with van der Waals surface area (Å²) in [7, 11) is 3.24. The average Bonchev–Trinajstić information content (AvgIpc) is 2.90. The van der Waals surface area contributed by atoms with Crippen LogP contribution < -0.4 is 15.4 Å². The van der Waals surface area contributed by atoms with E-state index in [2.05, 4.69) is 10.6 Å². The predicted octanol–water partition coefficient (Wildman–Crippen LogP) is 1.18. The summed E-state index contributed by atoms with van der Waals surface area (Å²) in [5.41, 5.74) is 2.14. The van der Waals surface area contributed by atoms with Crippen LogP contribution >= 0.6 is 0 Å². The van der Waals surface area contributed by atoms with Crippen molar-refractivity contribution in [1.82, 2.24) is 15.5 Å². The molecule has 24 heavy (non-hydrogen) atoms. The maximum absolute atomic E-state index is 12.8. The molecule has 1 unspecified atom stereocenters. The second kappa shape index (κ2) is 6.92. The Hall–Kier alpha value is -2.54. The van der Waals surface area contributed by atoms with Crippen molar-refractivity contribution in [2.24, 2.45) is 0 Å². The molecule has 2 aliphatic heterocycles. The zero-order valence-electron chi connectivity index (χ0n) is 13.8. The van der Waals surface area contributed by atoms with Gasteiger partial charge in [0.15, 0.2) is 0 Å². The Morgan fingerprint density at radius 1 is 1.21 bits per heavy atom. The topological polar surface area (TPSA) is 79.9 Å². The van der Waals surface area contributed by atoms with Crippen molar-refractivity contribution < 1.29 is 19.1 Å². The molecule has 0 saturated heterocycles. The maximum atomic E-state index is 12.8. The summed E-state index contributed by atoms with van der Waals surface area (Å²) in [5, 5.41) is 5.60. The van der Waals surface area contributed by atoms with E-state index in [4.69, 9.17) is 9.47 Å². The molecule has 0 aliphatic carbocycles. The molecule has 0 saturated carbocycles. The lowest BCUT2D eigenvalue weighted by Gasteiger charge is -2.25. The zero-order chi connectivity index (χ0) is 17.1. The number of urea groups is 1. The normalized spacial score (nSPS) is 19.9. The number of carbonyl (C=O) groups excluding carboxylic acids is 2. The first-order valence-corrected chi connectivity index (χ1v) is 7.86. The Morgan fingerprint density at radius 2 is 1.96 bits per heavy atom. The van der Waals surface area contributed by atoms with Crippen LogP contribution in [0.2, 0.25) is 0 Å². The van der Waals surface area contributed by atoms with Crippen molar-refractivity contribution in [1.29, 1.82) is 0 Å². The van der Waals surface area contributed by atoms with Gasteiger partial charge in [0.1, 0.15) is 5.75 Å². The van der Waals surface area contributed by atoms with E-state index >= 15 is 0 Å². The lowest BCUT2D eigenvalue weighted by atomic mass is 9.96. The Balaban J connectivity index is 1.83. The highest BCUT2D eigenvalue weighted by atomic mass is 16.5. The molecule has 7 heteroatoms. The Morgan fingerprint density at radius 3 is 2.62 bits per heavy atom. The van der Waals surface area contributed by atoms with E-state index in [0.29, 0.717) is 31.0 Å². The van der Waals surface area contributed by atoms with Crippen molar-refractivity contribution >= 4 is 11.9 Å². The van der Waals surface area contributed by atoms with Gasteiger partial charge in [0.25, 0.3) is 5.91 Å². The van der Waals surface area contributed by atoms with Crippen LogP contribution in [0.25, 0.3) is 0 Å². The molecule has 1 aromatic rings. The van der Waals surface area contributed by atoms with E-state index in [9.17, 15) is 9.59 Å². The monoisotopic (exact) mass is 331 g/mol. The third-order valence-corrected chi connectivity index (χ3v) is 4.25. The van der Waals surface area contributed by atoms with Gasteiger partial charge >= 0.3 is 6.03 Å².